The lowest BCUT2D eigenvalue weighted by atomic mass is 9.95. The van der Waals surface area contributed by atoms with Crippen molar-refractivity contribution in [2.75, 3.05) is 6.54 Å². The second-order valence-corrected chi connectivity index (χ2v) is 12.7. The highest BCUT2D eigenvalue weighted by Crippen LogP contribution is 2.34. The monoisotopic (exact) mass is 437 g/mol. The van der Waals surface area contributed by atoms with Crippen LogP contribution in [0.2, 0.25) is 10.1 Å². The first-order chi connectivity index (χ1) is 13.2. The third-order valence-electron chi connectivity index (χ3n) is 4.55. The minimum absolute atomic E-state index is 0.111. The SMILES string of the molecule is CC(C)(C)OC(=O)N(CCc1ccc(Cl)c(C(C)(C)O[Si]C(C)(C)C)c1)C1CC1. The highest BCUT2D eigenvalue weighted by atomic mass is 35.5. The molecule has 29 heavy (non-hydrogen) atoms. The van der Waals surface area contributed by atoms with Gasteiger partial charge >= 0.3 is 6.09 Å². The van der Waals surface area contributed by atoms with Crippen LogP contribution in [0.5, 0.6) is 0 Å². The molecule has 1 aliphatic rings. The van der Waals surface area contributed by atoms with Gasteiger partial charge in [-0.25, -0.2) is 4.79 Å². The van der Waals surface area contributed by atoms with Crippen LogP contribution < -0.4 is 0 Å². The molecule has 0 spiro atoms. The summed E-state index contributed by atoms with van der Waals surface area (Å²) in [6, 6.07) is 6.40. The van der Waals surface area contributed by atoms with Crippen molar-refractivity contribution < 1.29 is 14.0 Å². The number of carbonyl (C=O) groups is 1. The highest BCUT2D eigenvalue weighted by molar-refractivity contribution is 6.32. The molecule has 0 aliphatic heterocycles. The first kappa shape index (κ1) is 24.2. The fourth-order valence-corrected chi connectivity index (χ4v) is 3.92. The molecule has 0 saturated heterocycles. The molecule has 162 valence electrons. The Bertz CT molecular complexity index is 718. The average molecular weight is 438 g/mol. The molecule has 1 aliphatic carbocycles. The van der Waals surface area contributed by atoms with Crippen LogP contribution in [0.25, 0.3) is 0 Å². The van der Waals surface area contributed by atoms with Crippen LogP contribution in [0.1, 0.15) is 79.4 Å². The summed E-state index contributed by atoms with van der Waals surface area (Å²) in [7, 11) is 0.376. The van der Waals surface area contributed by atoms with Crippen molar-refractivity contribution in [3.63, 3.8) is 0 Å². The molecule has 0 N–H and O–H groups in total. The van der Waals surface area contributed by atoms with Crippen molar-refractivity contribution in [3.8, 4) is 0 Å². The van der Waals surface area contributed by atoms with Crippen LogP contribution >= 0.6 is 11.6 Å². The Hall–Kier alpha value is -1.04. The molecule has 0 aromatic heterocycles. The molecule has 6 heteroatoms. The molecule has 0 unspecified atom stereocenters. The van der Waals surface area contributed by atoms with Gasteiger partial charge in [0.1, 0.15) is 5.60 Å². The number of carbonyl (C=O) groups excluding carboxylic acids is 1. The Kier molecular flexibility index (Phi) is 7.51. The number of hydrogen-bond acceptors (Lipinski definition) is 3. The van der Waals surface area contributed by atoms with Crippen molar-refractivity contribution in [1.29, 1.82) is 0 Å². The van der Waals surface area contributed by atoms with Gasteiger partial charge in [-0.05, 0) is 70.5 Å². The fraction of sp³-hybridized carbons (Fsp3) is 0.696. The van der Waals surface area contributed by atoms with E-state index in [4.69, 9.17) is 20.8 Å². The highest BCUT2D eigenvalue weighted by Gasteiger charge is 2.35. The van der Waals surface area contributed by atoms with Crippen LogP contribution in [0.15, 0.2) is 18.2 Å². The van der Waals surface area contributed by atoms with Gasteiger partial charge in [0.05, 0.1) is 5.60 Å². The number of hydrogen-bond donors (Lipinski definition) is 0. The minimum atomic E-state index is -0.479. The minimum Gasteiger partial charge on any atom is -0.444 e. The maximum Gasteiger partial charge on any atom is 0.410 e. The molecule has 4 nitrogen and oxygen atoms in total. The van der Waals surface area contributed by atoms with Crippen molar-refractivity contribution >= 4 is 27.5 Å². The summed E-state index contributed by atoms with van der Waals surface area (Å²) in [4.78, 5) is 14.5. The van der Waals surface area contributed by atoms with Crippen molar-refractivity contribution in [1.82, 2.24) is 4.90 Å². The van der Waals surface area contributed by atoms with E-state index in [0.717, 1.165) is 30.4 Å². The predicted molar refractivity (Wildman–Crippen MR) is 121 cm³/mol. The van der Waals surface area contributed by atoms with Crippen LogP contribution in [-0.4, -0.2) is 38.9 Å². The molecule has 0 heterocycles. The summed E-state index contributed by atoms with van der Waals surface area (Å²) < 4.78 is 11.8. The summed E-state index contributed by atoms with van der Waals surface area (Å²) in [5.41, 5.74) is 1.19. The summed E-state index contributed by atoms with van der Waals surface area (Å²) >= 11 is 6.52. The van der Waals surface area contributed by atoms with E-state index in [0.29, 0.717) is 27.4 Å². The maximum atomic E-state index is 12.6. The topological polar surface area (TPSA) is 38.8 Å². The molecular weight excluding hydrogens is 402 g/mol. The summed E-state index contributed by atoms with van der Waals surface area (Å²) in [5.74, 6) is 0. The van der Waals surface area contributed by atoms with E-state index in [2.05, 4.69) is 40.7 Å². The van der Waals surface area contributed by atoms with Crippen LogP contribution in [-0.2, 0) is 21.2 Å². The standard InChI is InChI=1S/C23H36ClNO3Si/c1-21(2,3)27-20(26)25(17-10-11-17)14-13-16-9-12-19(24)18(15-16)23(7,8)28-29-22(4,5)6/h9,12,15,17H,10-11,13-14H2,1-8H3. The van der Waals surface area contributed by atoms with Gasteiger partial charge in [0.25, 0.3) is 0 Å². The molecule has 2 rings (SSSR count). The Morgan fingerprint density at radius 2 is 1.76 bits per heavy atom. The van der Waals surface area contributed by atoms with Crippen LogP contribution in [0.4, 0.5) is 4.79 Å². The smallest absolute Gasteiger partial charge is 0.410 e. The van der Waals surface area contributed by atoms with Crippen molar-refractivity contribution in [3.05, 3.63) is 34.3 Å². The third kappa shape index (κ3) is 7.95. The van der Waals surface area contributed by atoms with E-state index < -0.39 is 11.2 Å². The van der Waals surface area contributed by atoms with E-state index in [1.165, 1.54) is 0 Å². The second-order valence-electron chi connectivity index (χ2n) is 10.4. The van der Waals surface area contributed by atoms with E-state index in [9.17, 15) is 4.79 Å². The number of ether oxygens (including phenoxy) is 1. The van der Waals surface area contributed by atoms with E-state index in [1.54, 1.807) is 0 Å². The lowest BCUT2D eigenvalue weighted by Gasteiger charge is -2.31. The molecule has 1 amide bonds. The number of amides is 1. The van der Waals surface area contributed by atoms with E-state index >= 15 is 0 Å². The summed E-state index contributed by atoms with van der Waals surface area (Å²) in [6.45, 7) is 17.0. The zero-order valence-electron chi connectivity index (χ0n) is 19.2. The van der Waals surface area contributed by atoms with Crippen LogP contribution in [0, 0.1) is 0 Å². The zero-order valence-corrected chi connectivity index (χ0v) is 20.9. The number of rotatable bonds is 7. The molecule has 1 aromatic carbocycles. The van der Waals surface area contributed by atoms with Gasteiger partial charge in [0.15, 0.2) is 0 Å². The second kappa shape index (κ2) is 8.99. The lowest BCUT2D eigenvalue weighted by molar-refractivity contribution is 0.0236. The van der Waals surface area contributed by atoms with Gasteiger partial charge < -0.3 is 14.1 Å². The van der Waals surface area contributed by atoms with Gasteiger partial charge in [0, 0.05) is 23.2 Å². The van der Waals surface area contributed by atoms with Crippen LogP contribution in [0.3, 0.4) is 0 Å². The first-order valence-corrected chi connectivity index (χ1v) is 11.7. The van der Waals surface area contributed by atoms with Gasteiger partial charge in [0.2, 0.25) is 9.76 Å². The largest absolute Gasteiger partial charge is 0.444 e. The molecule has 0 bridgehead atoms. The number of benzene rings is 1. The normalized spacial score (nSPS) is 15.3. The van der Waals surface area contributed by atoms with Gasteiger partial charge in [-0.1, -0.05) is 44.5 Å². The Balaban J connectivity index is 2.09. The summed E-state index contributed by atoms with van der Waals surface area (Å²) in [6.07, 6.45) is 2.65. The van der Waals surface area contributed by atoms with Gasteiger partial charge in [-0.2, -0.15) is 0 Å². The number of halogens is 1. The Morgan fingerprint density at radius 1 is 1.14 bits per heavy atom. The Morgan fingerprint density at radius 3 is 2.28 bits per heavy atom. The molecular formula is C23H36ClNO3Si. The summed E-state index contributed by atoms with van der Waals surface area (Å²) in [5, 5.41) is 0.822. The first-order valence-electron chi connectivity index (χ1n) is 10.4. The van der Waals surface area contributed by atoms with Gasteiger partial charge in [-0.15, -0.1) is 0 Å². The quantitative estimate of drug-likeness (QED) is 0.465. The predicted octanol–water partition coefficient (Wildman–Crippen LogP) is 6.37. The Labute approximate surface area is 184 Å². The van der Waals surface area contributed by atoms with Crippen molar-refractivity contribution in [2.45, 2.75) is 96.9 Å². The average Bonchev–Trinajstić information content (AvgIpc) is 3.37. The van der Waals surface area contributed by atoms with Crippen molar-refractivity contribution in [2.24, 2.45) is 0 Å². The van der Waals surface area contributed by atoms with E-state index in [-0.39, 0.29) is 11.1 Å². The number of nitrogens with zero attached hydrogens (tertiary/aromatic N) is 1. The molecule has 1 fully saturated rings. The molecule has 0 atom stereocenters. The maximum absolute atomic E-state index is 12.6. The lowest BCUT2D eigenvalue weighted by Crippen LogP contribution is -2.39. The molecule has 1 saturated carbocycles. The molecule has 2 radical (unpaired) electrons. The molecule has 1 aromatic rings. The zero-order chi connectivity index (χ0) is 22.0. The third-order valence-corrected chi connectivity index (χ3v) is 6.10. The fourth-order valence-electron chi connectivity index (χ4n) is 2.90. The van der Waals surface area contributed by atoms with E-state index in [1.807, 2.05) is 37.8 Å². The van der Waals surface area contributed by atoms with Gasteiger partial charge in [-0.3, -0.25) is 0 Å².